The molecule has 0 saturated heterocycles. The minimum absolute atomic E-state index is 0.00495. The fourth-order valence-electron chi connectivity index (χ4n) is 5.58. The van der Waals surface area contributed by atoms with Gasteiger partial charge in [-0.05, 0) is 86.5 Å². The maximum atomic E-state index is 14.5. The van der Waals surface area contributed by atoms with Gasteiger partial charge in [0.25, 0.3) is 0 Å². The number of rotatable bonds is 9. The molecule has 1 atom stereocenters. The number of hydrogen-bond donors (Lipinski definition) is 1. The van der Waals surface area contributed by atoms with Crippen LogP contribution in [0.1, 0.15) is 37.1 Å². The van der Waals surface area contributed by atoms with E-state index < -0.39 is 6.04 Å². The zero-order valence-electron chi connectivity index (χ0n) is 23.9. The van der Waals surface area contributed by atoms with Crippen LogP contribution in [0.2, 0.25) is 0 Å². The van der Waals surface area contributed by atoms with Crippen LogP contribution < -0.4 is 24.4 Å². The van der Waals surface area contributed by atoms with Crippen molar-refractivity contribution in [2.75, 3.05) is 37.6 Å². The van der Waals surface area contributed by atoms with E-state index in [1.807, 2.05) is 79.9 Å². The van der Waals surface area contributed by atoms with Crippen LogP contribution in [0.3, 0.4) is 0 Å². The Balaban J connectivity index is 1.36. The molecule has 1 fully saturated rings. The fourth-order valence-corrected chi connectivity index (χ4v) is 5.58. The van der Waals surface area contributed by atoms with Gasteiger partial charge in [-0.1, -0.05) is 12.1 Å². The molecule has 1 aliphatic carbocycles. The van der Waals surface area contributed by atoms with E-state index in [1.165, 1.54) is 0 Å². The molecule has 6 rings (SSSR count). The minimum atomic E-state index is -0.511. The van der Waals surface area contributed by atoms with Crippen molar-refractivity contribution in [3.8, 4) is 22.9 Å². The van der Waals surface area contributed by atoms with Crippen LogP contribution in [0.15, 0.2) is 85.1 Å². The van der Waals surface area contributed by atoms with E-state index in [1.54, 1.807) is 36.2 Å². The highest BCUT2D eigenvalue weighted by Gasteiger charge is 2.41. The second-order valence-electron chi connectivity index (χ2n) is 10.3. The highest BCUT2D eigenvalue weighted by molar-refractivity contribution is 6.01. The lowest BCUT2D eigenvalue weighted by molar-refractivity contribution is -0.119. The van der Waals surface area contributed by atoms with Crippen molar-refractivity contribution in [3.05, 3.63) is 96.3 Å². The highest BCUT2D eigenvalue weighted by Crippen LogP contribution is 2.45. The summed E-state index contributed by atoms with van der Waals surface area (Å²) < 4.78 is 18.9. The predicted octanol–water partition coefficient (Wildman–Crippen LogP) is 6.03. The number of nitrogens with zero attached hydrogens (tertiary/aromatic N) is 3. The second-order valence-corrected chi connectivity index (χ2v) is 10.3. The summed E-state index contributed by atoms with van der Waals surface area (Å²) in [5.74, 6) is 1.83. The molecular weight excluding hydrogens is 532 g/mol. The summed E-state index contributed by atoms with van der Waals surface area (Å²) in [5.41, 5.74) is 3.98. The van der Waals surface area contributed by atoms with Crippen molar-refractivity contribution in [2.45, 2.75) is 31.8 Å². The first-order chi connectivity index (χ1) is 20.5. The smallest absolute Gasteiger partial charge is 0.322 e. The monoisotopic (exact) mass is 566 g/mol. The van der Waals surface area contributed by atoms with E-state index >= 15 is 0 Å². The third-order valence-corrected chi connectivity index (χ3v) is 7.69. The molecule has 1 unspecified atom stereocenters. The van der Waals surface area contributed by atoms with Crippen molar-refractivity contribution in [1.29, 1.82) is 0 Å². The minimum Gasteiger partial charge on any atom is -0.497 e. The molecule has 1 saturated carbocycles. The van der Waals surface area contributed by atoms with E-state index in [2.05, 4.69) is 9.88 Å². The molecule has 9 nitrogen and oxygen atoms in total. The molecule has 0 spiro atoms. The average molecular weight is 567 g/mol. The number of aromatic nitrogens is 1. The van der Waals surface area contributed by atoms with Crippen molar-refractivity contribution in [3.63, 3.8) is 0 Å². The molecule has 0 radical (unpaired) electrons. The number of fused-ring (bicyclic) bond motifs is 3. The lowest BCUT2D eigenvalue weighted by atomic mass is 9.96. The van der Waals surface area contributed by atoms with E-state index in [0.717, 1.165) is 41.2 Å². The van der Waals surface area contributed by atoms with Gasteiger partial charge in [0.15, 0.2) is 0 Å². The fraction of sp³-hybridized carbons (Fsp3) is 0.273. The number of carbonyl (C=O) groups is 2. The van der Waals surface area contributed by atoms with E-state index in [0.29, 0.717) is 23.8 Å². The Labute approximate surface area is 245 Å². The standard InChI is InChI=1S/C33H34N4O5/c1-4-42-24-15-11-22(12-16-24)34-33(39)36(23-13-14-23)21-31(38)37-28-9-6-5-8-27(28)35-19-7-10-29(35)32(37)26-20-25(40-2)17-18-30(26)41-3/h5-12,15-20,23,32H,4,13-14,21H2,1-3H3,(H,34,39). The van der Waals surface area contributed by atoms with Gasteiger partial charge in [-0.15, -0.1) is 0 Å². The molecule has 2 heterocycles. The number of amides is 3. The van der Waals surface area contributed by atoms with Gasteiger partial charge in [-0.3, -0.25) is 9.69 Å². The van der Waals surface area contributed by atoms with Crippen molar-refractivity contribution in [2.24, 2.45) is 0 Å². The number of ether oxygens (including phenoxy) is 3. The molecule has 216 valence electrons. The van der Waals surface area contributed by atoms with Gasteiger partial charge in [0, 0.05) is 23.5 Å². The maximum absolute atomic E-state index is 14.5. The van der Waals surface area contributed by atoms with E-state index in [4.69, 9.17) is 14.2 Å². The van der Waals surface area contributed by atoms with Crippen LogP contribution in [0.5, 0.6) is 17.2 Å². The first-order valence-electron chi connectivity index (χ1n) is 14.1. The van der Waals surface area contributed by atoms with Gasteiger partial charge >= 0.3 is 6.03 Å². The maximum Gasteiger partial charge on any atom is 0.322 e. The predicted molar refractivity (Wildman–Crippen MR) is 161 cm³/mol. The topological polar surface area (TPSA) is 85.3 Å². The number of hydrogen-bond acceptors (Lipinski definition) is 5. The first-order valence-corrected chi connectivity index (χ1v) is 14.1. The zero-order valence-corrected chi connectivity index (χ0v) is 23.9. The molecule has 0 bridgehead atoms. The third kappa shape index (κ3) is 5.13. The second kappa shape index (κ2) is 11.5. The van der Waals surface area contributed by atoms with Gasteiger partial charge in [0.2, 0.25) is 5.91 Å². The molecule has 3 amide bonds. The largest absolute Gasteiger partial charge is 0.497 e. The molecular formula is C33H34N4O5. The SMILES string of the molecule is CCOc1ccc(NC(=O)N(CC(=O)N2c3ccccc3-n3cccc3C2c2cc(OC)ccc2OC)C2CC2)cc1. The van der Waals surface area contributed by atoms with Crippen molar-refractivity contribution < 1.29 is 23.8 Å². The highest BCUT2D eigenvalue weighted by atomic mass is 16.5. The number of urea groups is 1. The number of benzene rings is 3. The molecule has 2 aliphatic rings. The summed E-state index contributed by atoms with van der Waals surface area (Å²) in [6.45, 7) is 2.41. The van der Waals surface area contributed by atoms with Crippen molar-refractivity contribution in [1.82, 2.24) is 9.47 Å². The lowest BCUT2D eigenvalue weighted by Gasteiger charge is -2.40. The van der Waals surface area contributed by atoms with Gasteiger partial charge in [0.05, 0.1) is 37.9 Å². The normalized spacial score (nSPS) is 15.3. The molecule has 1 N–H and O–H groups in total. The Bertz CT molecular complexity index is 1590. The molecule has 1 aliphatic heterocycles. The van der Waals surface area contributed by atoms with Crippen LogP contribution >= 0.6 is 0 Å². The van der Waals surface area contributed by atoms with Gasteiger partial charge in [-0.25, -0.2) is 4.79 Å². The Morgan fingerprint density at radius 3 is 2.33 bits per heavy atom. The molecule has 42 heavy (non-hydrogen) atoms. The summed E-state index contributed by atoms with van der Waals surface area (Å²) >= 11 is 0. The number of methoxy groups -OCH3 is 2. The summed E-state index contributed by atoms with van der Waals surface area (Å²) in [5, 5.41) is 2.97. The van der Waals surface area contributed by atoms with E-state index in [-0.39, 0.29) is 24.5 Å². The number of anilines is 2. The van der Waals surface area contributed by atoms with Crippen LogP contribution in [-0.4, -0.2) is 54.8 Å². The number of nitrogens with one attached hydrogen (secondary N) is 1. The van der Waals surface area contributed by atoms with Gasteiger partial charge in [0.1, 0.15) is 29.8 Å². The van der Waals surface area contributed by atoms with Gasteiger partial charge < -0.3 is 29.0 Å². The first kappa shape index (κ1) is 27.3. The molecule has 3 aromatic carbocycles. The van der Waals surface area contributed by atoms with Crippen LogP contribution in [0.4, 0.5) is 16.2 Å². The Kier molecular flexibility index (Phi) is 7.48. The molecule has 4 aromatic rings. The summed E-state index contributed by atoms with van der Waals surface area (Å²) in [7, 11) is 3.23. The number of para-hydroxylation sites is 2. The average Bonchev–Trinajstić information content (AvgIpc) is 3.74. The van der Waals surface area contributed by atoms with Crippen molar-refractivity contribution >= 4 is 23.3 Å². The van der Waals surface area contributed by atoms with Crippen LogP contribution in [0, 0.1) is 0 Å². The van der Waals surface area contributed by atoms with Gasteiger partial charge in [-0.2, -0.15) is 0 Å². The van der Waals surface area contributed by atoms with Crippen LogP contribution in [0.25, 0.3) is 5.69 Å². The summed E-state index contributed by atoms with van der Waals surface area (Å²) in [6.07, 6.45) is 3.71. The zero-order chi connectivity index (χ0) is 29.2. The summed E-state index contributed by atoms with van der Waals surface area (Å²) in [4.78, 5) is 31.4. The Hall–Kier alpha value is -4.92. The lowest BCUT2D eigenvalue weighted by Crippen LogP contribution is -2.48. The van der Waals surface area contributed by atoms with Crippen LogP contribution in [-0.2, 0) is 4.79 Å². The summed E-state index contributed by atoms with van der Waals surface area (Å²) in [6, 6.07) is 23.8. The molecule has 1 aromatic heterocycles. The van der Waals surface area contributed by atoms with E-state index in [9.17, 15) is 9.59 Å². The Morgan fingerprint density at radius 1 is 0.905 bits per heavy atom. The Morgan fingerprint density at radius 2 is 1.64 bits per heavy atom. The molecule has 9 heteroatoms. The quantitative estimate of drug-likeness (QED) is 0.268. The third-order valence-electron chi connectivity index (χ3n) is 7.69. The number of carbonyl (C=O) groups excluding carboxylic acids is 2.